The number of rotatable bonds is 5. The first-order chi connectivity index (χ1) is 12.1. The Kier molecular flexibility index (Phi) is 5.16. The summed E-state index contributed by atoms with van der Waals surface area (Å²) in [7, 11) is 1.53. The Bertz CT molecular complexity index is 908. The maximum absolute atomic E-state index is 11.7. The van der Waals surface area contributed by atoms with Gasteiger partial charge in [0.15, 0.2) is 0 Å². The maximum Gasteiger partial charge on any atom is 0.287 e. The molecule has 0 aliphatic rings. The van der Waals surface area contributed by atoms with E-state index in [2.05, 4.69) is 10.4 Å². The second-order valence-electron chi connectivity index (χ2n) is 5.69. The molecule has 128 valence electrons. The van der Waals surface area contributed by atoms with Gasteiger partial charge in [-0.25, -0.2) is 4.68 Å². The molecule has 1 unspecified atom stereocenters. The van der Waals surface area contributed by atoms with E-state index in [1.165, 1.54) is 13.2 Å². The fraction of sp³-hybridized carbons (Fsp3) is 0.158. The van der Waals surface area contributed by atoms with Gasteiger partial charge in [0, 0.05) is 13.6 Å². The molecule has 25 heavy (non-hydrogen) atoms. The number of benzene rings is 2. The zero-order chi connectivity index (χ0) is 17.8. The summed E-state index contributed by atoms with van der Waals surface area (Å²) in [6, 6.07) is 17.8. The van der Waals surface area contributed by atoms with Gasteiger partial charge < -0.3 is 10.4 Å². The average molecular weight is 356 g/mol. The van der Waals surface area contributed by atoms with Crippen LogP contribution in [0.15, 0.2) is 65.6 Å². The molecule has 0 fully saturated rings. The highest BCUT2D eigenvalue weighted by molar-refractivity contribution is 6.32. The minimum atomic E-state index is -0.732. The molecule has 0 amide bonds. The maximum atomic E-state index is 11.7. The van der Waals surface area contributed by atoms with Crippen LogP contribution in [-0.2, 0) is 7.05 Å². The minimum absolute atomic E-state index is 0.0594. The molecular formula is C19H18ClN3O2. The van der Waals surface area contributed by atoms with E-state index in [0.29, 0.717) is 5.69 Å². The van der Waals surface area contributed by atoms with Crippen molar-refractivity contribution in [2.24, 2.45) is 7.05 Å². The van der Waals surface area contributed by atoms with E-state index in [-0.39, 0.29) is 17.1 Å². The minimum Gasteiger partial charge on any atom is -0.387 e. The van der Waals surface area contributed by atoms with Crippen molar-refractivity contribution >= 4 is 17.3 Å². The first kappa shape index (κ1) is 17.2. The lowest BCUT2D eigenvalue weighted by Crippen LogP contribution is -2.22. The Morgan fingerprint density at radius 3 is 2.44 bits per heavy atom. The van der Waals surface area contributed by atoms with Gasteiger partial charge in [-0.3, -0.25) is 4.79 Å². The van der Waals surface area contributed by atoms with E-state index in [4.69, 9.17) is 11.6 Å². The van der Waals surface area contributed by atoms with Gasteiger partial charge in [-0.15, -0.1) is 0 Å². The topological polar surface area (TPSA) is 67.2 Å². The molecule has 6 heteroatoms. The number of hydrogen-bond acceptors (Lipinski definition) is 4. The third kappa shape index (κ3) is 3.90. The zero-order valence-corrected chi connectivity index (χ0v) is 14.4. The molecule has 0 bridgehead atoms. The van der Waals surface area contributed by atoms with Gasteiger partial charge in [0.05, 0.1) is 18.0 Å². The van der Waals surface area contributed by atoms with Crippen LogP contribution in [0, 0.1) is 0 Å². The Hall–Kier alpha value is -2.63. The summed E-state index contributed by atoms with van der Waals surface area (Å²) in [6.45, 7) is 0.221. The van der Waals surface area contributed by atoms with Crippen molar-refractivity contribution in [3.63, 3.8) is 0 Å². The number of aromatic nitrogens is 2. The van der Waals surface area contributed by atoms with Crippen LogP contribution >= 0.6 is 11.6 Å². The zero-order valence-electron chi connectivity index (χ0n) is 13.7. The molecule has 0 aliphatic heterocycles. The number of nitrogens with zero attached hydrogens (tertiary/aromatic N) is 2. The summed E-state index contributed by atoms with van der Waals surface area (Å²) in [5.41, 5.74) is 3.01. The first-order valence-corrected chi connectivity index (χ1v) is 8.23. The Balaban J connectivity index is 1.69. The van der Waals surface area contributed by atoms with E-state index in [1.807, 2.05) is 54.6 Å². The van der Waals surface area contributed by atoms with Crippen molar-refractivity contribution in [2.45, 2.75) is 6.10 Å². The van der Waals surface area contributed by atoms with E-state index >= 15 is 0 Å². The summed E-state index contributed by atoms with van der Waals surface area (Å²) in [5.74, 6) is 0. The molecule has 0 spiro atoms. The second-order valence-corrected chi connectivity index (χ2v) is 6.06. The number of anilines is 1. The molecule has 0 radical (unpaired) electrons. The lowest BCUT2D eigenvalue weighted by molar-refractivity contribution is 0.191. The molecule has 0 aliphatic carbocycles. The molecule has 0 saturated heterocycles. The van der Waals surface area contributed by atoms with Crippen LogP contribution in [-0.4, -0.2) is 21.4 Å². The molecule has 0 saturated carbocycles. The largest absolute Gasteiger partial charge is 0.387 e. The summed E-state index contributed by atoms with van der Waals surface area (Å²) in [4.78, 5) is 11.7. The number of hydrogen-bond donors (Lipinski definition) is 2. The number of aryl methyl sites for hydroxylation is 1. The lowest BCUT2D eigenvalue weighted by Gasteiger charge is -2.14. The summed E-state index contributed by atoms with van der Waals surface area (Å²) in [6.07, 6.45) is 0.736. The fourth-order valence-corrected chi connectivity index (χ4v) is 2.72. The van der Waals surface area contributed by atoms with Crippen LogP contribution in [0.3, 0.4) is 0 Å². The van der Waals surface area contributed by atoms with E-state index in [0.717, 1.165) is 21.4 Å². The van der Waals surface area contributed by atoms with Gasteiger partial charge in [-0.05, 0) is 16.7 Å². The normalized spacial score (nSPS) is 12.0. The third-order valence-corrected chi connectivity index (χ3v) is 4.33. The quantitative estimate of drug-likeness (QED) is 0.737. The number of halogens is 1. The first-order valence-electron chi connectivity index (χ1n) is 7.85. The predicted octanol–water partition coefficient (Wildman–Crippen LogP) is 3.25. The number of aliphatic hydroxyl groups excluding tert-OH is 1. The second kappa shape index (κ2) is 7.51. The number of nitrogens with one attached hydrogen (secondary N) is 1. The molecule has 2 aromatic carbocycles. The molecule has 3 rings (SSSR count). The van der Waals surface area contributed by atoms with Gasteiger partial charge in [0.1, 0.15) is 5.02 Å². The molecule has 1 aromatic heterocycles. The summed E-state index contributed by atoms with van der Waals surface area (Å²) >= 11 is 6.00. The monoisotopic (exact) mass is 355 g/mol. The van der Waals surface area contributed by atoms with E-state index in [9.17, 15) is 9.90 Å². The SMILES string of the molecule is Cn1ncc(NCC(O)c2ccc(-c3ccccc3)cc2)c(Cl)c1=O. The molecule has 5 nitrogen and oxygen atoms in total. The predicted molar refractivity (Wildman–Crippen MR) is 99.8 cm³/mol. The van der Waals surface area contributed by atoms with Crippen molar-refractivity contribution < 1.29 is 5.11 Å². The third-order valence-electron chi connectivity index (χ3n) is 3.97. The van der Waals surface area contributed by atoms with Gasteiger partial charge in [0.2, 0.25) is 0 Å². The Morgan fingerprint density at radius 2 is 1.76 bits per heavy atom. The summed E-state index contributed by atoms with van der Waals surface area (Å²) < 4.78 is 1.16. The highest BCUT2D eigenvalue weighted by Crippen LogP contribution is 2.23. The van der Waals surface area contributed by atoms with E-state index in [1.54, 1.807) is 0 Å². The highest BCUT2D eigenvalue weighted by Gasteiger charge is 2.11. The van der Waals surface area contributed by atoms with Gasteiger partial charge >= 0.3 is 0 Å². The van der Waals surface area contributed by atoms with Crippen LogP contribution in [0.25, 0.3) is 11.1 Å². The molecule has 1 heterocycles. The van der Waals surface area contributed by atoms with Crippen molar-refractivity contribution in [1.29, 1.82) is 0 Å². The number of aliphatic hydroxyl groups is 1. The van der Waals surface area contributed by atoms with Crippen molar-refractivity contribution in [3.8, 4) is 11.1 Å². The van der Waals surface area contributed by atoms with E-state index < -0.39 is 6.10 Å². The van der Waals surface area contributed by atoms with Crippen molar-refractivity contribution in [2.75, 3.05) is 11.9 Å². The van der Waals surface area contributed by atoms with Crippen LogP contribution < -0.4 is 10.9 Å². The molecular weight excluding hydrogens is 338 g/mol. The van der Waals surface area contributed by atoms with Crippen LogP contribution in [0.4, 0.5) is 5.69 Å². The molecule has 1 atom stereocenters. The summed E-state index contributed by atoms with van der Waals surface area (Å²) in [5, 5.41) is 17.3. The molecule has 2 N–H and O–H groups in total. The average Bonchev–Trinajstić information content (AvgIpc) is 2.66. The smallest absolute Gasteiger partial charge is 0.287 e. The van der Waals surface area contributed by atoms with Gasteiger partial charge in [0.25, 0.3) is 5.56 Å². The van der Waals surface area contributed by atoms with Gasteiger partial charge in [-0.2, -0.15) is 5.10 Å². The fourth-order valence-electron chi connectivity index (χ4n) is 2.49. The van der Waals surface area contributed by atoms with Crippen molar-refractivity contribution in [3.05, 3.63) is 81.7 Å². The highest BCUT2D eigenvalue weighted by atomic mass is 35.5. The van der Waals surface area contributed by atoms with Crippen LogP contribution in [0.2, 0.25) is 5.02 Å². The van der Waals surface area contributed by atoms with Crippen LogP contribution in [0.1, 0.15) is 11.7 Å². The molecule has 3 aromatic rings. The van der Waals surface area contributed by atoms with Crippen LogP contribution in [0.5, 0.6) is 0 Å². The standard InChI is InChI=1S/C19H18ClN3O2/c1-23-19(25)18(20)16(11-22-23)21-12-17(24)15-9-7-14(8-10-15)13-5-3-2-4-6-13/h2-11,17,21,24H,12H2,1H3. The van der Waals surface area contributed by atoms with Gasteiger partial charge in [-0.1, -0.05) is 66.2 Å². The Labute approximate surface area is 150 Å². The van der Waals surface area contributed by atoms with Crippen molar-refractivity contribution in [1.82, 2.24) is 9.78 Å². The Morgan fingerprint density at radius 1 is 1.12 bits per heavy atom. The lowest BCUT2D eigenvalue weighted by atomic mass is 10.0.